The predicted octanol–water partition coefficient (Wildman–Crippen LogP) is 1.73. The predicted molar refractivity (Wildman–Crippen MR) is 70.5 cm³/mol. The average molecular weight is 259 g/mol. The van der Waals surface area contributed by atoms with E-state index in [0.29, 0.717) is 12.2 Å². The van der Waals surface area contributed by atoms with Gasteiger partial charge in [0.1, 0.15) is 6.07 Å². The first-order chi connectivity index (χ1) is 9.26. The molecule has 0 atom stereocenters. The molecule has 1 aromatic rings. The van der Waals surface area contributed by atoms with Crippen LogP contribution in [-0.2, 0) is 9.53 Å². The van der Waals surface area contributed by atoms with Gasteiger partial charge in [-0.1, -0.05) is 0 Å². The topological polar surface area (TPSA) is 66.2 Å². The van der Waals surface area contributed by atoms with Gasteiger partial charge in [0.15, 0.2) is 0 Å². The van der Waals surface area contributed by atoms with Gasteiger partial charge in [-0.2, -0.15) is 5.26 Å². The maximum atomic E-state index is 11.7. The largest absolute Gasteiger partial charge is 0.466 e. The second kappa shape index (κ2) is 6.19. The first-order valence-corrected chi connectivity index (χ1v) is 6.52. The van der Waals surface area contributed by atoms with Gasteiger partial charge in [-0.15, -0.1) is 0 Å². The number of rotatable bonds is 3. The Labute approximate surface area is 112 Å². The summed E-state index contributed by atoms with van der Waals surface area (Å²) in [6.45, 7) is 3.76. The van der Waals surface area contributed by atoms with Crippen LogP contribution in [0.3, 0.4) is 0 Å². The second-order valence-electron chi connectivity index (χ2n) is 4.52. The Morgan fingerprint density at radius 3 is 2.95 bits per heavy atom. The SMILES string of the molecule is CCOC(=O)C1CCN(c2cnccc2C#N)CC1. The molecule has 0 N–H and O–H groups in total. The fourth-order valence-corrected chi connectivity index (χ4v) is 2.35. The van der Waals surface area contributed by atoms with Crippen LogP contribution in [0.1, 0.15) is 25.3 Å². The van der Waals surface area contributed by atoms with Gasteiger partial charge in [-0.25, -0.2) is 0 Å². The summed E-state index contributed by atoms with van der Waals surface area (Å²) in [5, 5.41) is 9.08. The van der Waals surface area contributed by atoms with Crippen LogP contribution in [0.25, 0.3) is 0 Å². The van der Waals surface area contributed by atoms with Crippen molar-refractivity contribution in [1.82, 2.24) is 4.98 Å². The number of pyridine rings is 1. The van der Waals surface area contributed by atoms with Crippen molar-refractivity contribution in [3.8, 4) is 6.07 Å². The summed E-state index contributed by atoms with van der Waals surface area (Å²) in [4.78, 5) is 17.8. The average Bonchev–Trinajstić information content (AvgIpc) is 2.47. The van der Waals surface area contributed by atoms with E-state index in [9.17, 15) is 4.79 Å². The molecule has 0 aromatic carbocycles. The minimum atomic E-state index is -0.103. The Bertz CT molecular complexity index is 488. The van der Waals surface area contributed by atoms with Crippen molar-refractivity contribution in [3.63, 3.8) is 0 Å². The number of nitrogens with zero attached hydrogens (tertiary/aromatic N) is 3. The molecule has 5 heteroatoms. The summed E-state index contributed by atoms with van der Waals surface area (Å²) in [5.41, 5.74) is 1.48. The molecule has 0 aliphatic carbocycles. The van der Waals surface area contributed by atoms with Crippen LogP contribution >= 0.6 is 0 Å². The normalized spacial score (nSPS) is 15.9. The standard InChI is InChI=1S/C14H17N3O2/c1-2-19-14(18)11-4-7-17(8-5-11)13-10-16-6-3-12(13)9-15/h3,6,10-11H,2,4-5,7-8H2,1H3. The molecule has 1 aliphatic heterocycles. The minimum Gasteiger partial charge on any atom is -0.466 e. The fraction of sp³-hybridized carbons (Fsp3) is 0.500. The summed E-state index contributed by atoms with van der Waals surface area (Å²) >= 11 is 0. The quantitative estimate of drug-likeness (QED) is 0.773. The Morgan fingerprint density at radius 1 is 1.58 bits per heavy atom. The summed E-state index contributed by atoms with van der Waals surface area (Å²) in [6.07, 6.45) is 4.86. The van der Waals surface area contributed by atoms with E-state index in [1.54, 1.807) is 18.5 Å². The van der Waals surface area contributed by atoms with Crippen molar-refractivity contribution in [1.29, 1.82) is 5.26 Å². The molecule has 0 unspecified atom stereocenters. The van der Waals surface area contributed by atoms with E-state index in [-0.39, 0.29) is 11.9 Å². The number of ether oxygens (including phenoxy) is 1. The summed E-state index contributed by atoms with van der Waals surface area (Å²) in [6, 6.07) is 3.89. The Balaban J connectivity index is 2.00. The van der Waals surface area contributed by atoms with Gasteiger partial charge in [-0.3, -0.25) is 9.78 Å². The number of aromatic nitrogens is 1. The fourth-order valence-electron chi connectivity index (χ4n) is 2.35. The van der Waals surface area contributed by atoms with E-state index in [2.05, 4.69) is 16.0 Å². The molecule has 100 valence electrons. The lowest BCUT2D eigenvalue weighted by molar-refractivity contribution is -0.148. The Hall–Kier alpha value is -2.09. The zero-order valence-corrected chi connectivity index (χ0v) is 11.0. The summed E-state index contributed by atoms with van der Waals surface area (Å²) < 4.78 is 5.05. The molecule has 2 heterocycles. The van der Waals surface area contributed by atoms with Crippen LogP contribution in [0, 0.1) is 17.2 Å². The molecule has 0 radical (unpaired) electrons. The Kier molecular flexibility index (Phi) is 4.35. The van der Waals surface area contributed by atoms with Crippen molar-refractivity contribution < 1.29 is 9.53 Å². The lowest BCUT2D eigenvalue weighted by Crippen LogP contribution is -2.37. The number of esters is 1. The second-order valence-corrected chi connectivity index (χ2v) is 4.52. The molecule has 1 aliphatic rings. The van der Waals surface area contributed by atoms with Crippen molar-refractivity contribution in [2.75, 3.05) is 24.6 Å². The maximum absolute atomic E-state index is 11.7. The molecule has 2 rings (SSSR count). The van der Waals surface area contributed by atoms with E-state index in [0.717, 1.165) is 31.6 Å². The van der Waals surface area contributed by atoms with Gasteiger partial charge in [0, 0.05) is 19.3 Å². The van der Waals surface area contributed by atoms with E-state index >= 15 is 0 Å². The van der Waals surface area contributed by atoms with Crippen molar-refractivity contribution in [3.05, 3.63) is 24.0 Å². The zero-order valence-electron chi connectivity index (χ0n) is 11.0. The van der Waals surface area contributed by atoms with Crippen molar-refractivity contribution in [2.24, 2.45) is 5.92 Å². The number of anilines is 1. The molecule has 0 spiro atoms. The molecule has 0 bridgehead atoms. The summed E-state index contributed by atoms with van der Waals surface area (Å²) in [7, 11) is 0. The van der Waals surface area contributed by atoms with E-state index in [1.165, 1.54) is 0 Å². The molecule has 5 nitrogen and oxygen atoms in total. The highest BCUT2D eigenvalue weighted by atomic mass is 16.5. The van der Waals surface area contributed by atoms with Gasteiger partial charge < -0.3 is 9.64 Å². The monoisotopic (exact) mass is 259 g/mol. The molecular weight excluding hydrogens is 242 g/mol. The maximum Gasteiger partial charge on any atom is 0.309 e. The molecule has 0 amide bonds. The number of carbonyl (C=O) groups excluding carboxylic acids is 1. The van der Waals surface area contributed by atoms with Crippen LogP contribution in [-0.4, -0.2) is 30.6 Å². The number of carbonyl (C=O) groups is 1. The third-order valence-electron chi connectivity index (χ3n) is 3.38. The third kappa shape index (κ3) is 3.02. The first-order valence-electron chi connectivity index (χ1n) is 6.52. The Morgan fingerprint density at radius 2 is 2.32 bits per heavy atom. The molecule has 1 saturated heterocycles. The highest BCUT2D eigenvalue weighted by Crippen LogP contribution is 2.25. The van der Waals surface area contributed by atoms with Crippen LogP contribution < -0.4 is 4.90 Å². The van der Waals surface area contributed by atoms with Crippen LogP contribution in [0.15, 0.2) is 18.5 Å². The van der Waals surface area contributed by atoms with Crippen LogP contribution in [0.2, 0.25) is 0 Å². The molecule has 1 fully saturated rings. The van der Waals surface area contributed by atoms with Crippen LogP contribution in [0.4, 0.5) is 5.69 Å². The number of piperidine rings is 1. The number of hydrogen-bond acceptors (Lipinski definition) is 5. The van der Waals surface area contributed by atoms with Gasteiger partial charge >= 0.3 is 5.97 Å². The first kappa shape index (κ1) is 13.3. The number of nitriles is 1. The highest BCUT2D eigenvalue weighted by Gasteiger charge is 2.26. The molecular formula is C14H17N3O2. The smallest absolute Gasteiger partial charge is 0.309 e. The van der Waals surface area contributed by atoms with E-state index in [4.69, 9.17) is 10.00 Å². The van der Waals surface area contributed by atoms with E-state index < -0.39 is 0 Å². The minimum absolute atomic E-state index is 0.0154. The van der Waals surface area contributed by atoms with Crippen LogP contribution in [0.5, 0.6) is 0 Å². The highest BCUT2D eigenvalue weighted by molar-refractivity contribution is 5.73. The van der Waals surface area contributed by atoms with Gasteiger partial charge in [0.05, 0.1) is 30.0 Å². The van der Waals surface area contributed by atoms with E-state index in [1.807, 2.05) is 6.92 Å². The molecule has 0 saturated carbocycles. The molecule has 1 aromatic heterocycles. The third-order valence-corrected chi connectivity index (χ3v) is 3.38. The van der Waals surface area contributed by atoms with Gasteiger partial charge in [0.2, 0.25) is 0 Å². The lowest BCUT2D eigenvalue weighted by atomic mass is 9.96. The van der Waals surface area contributed by atoms with Gasteiger partial charge in [0.25, 0.3) is 0 Å². The zero-order chi connectivity index (χ0) is 13.7. The molecule has 19 heavy (non-hydrogen) atoms. The lowest BCUT2D eigenvalue weighted by Gasteiger charge is -2.32. The number of hydrogen-bond donors (Lipinski definition) is 0. The van der Waals surface area contributed by atoms with Crippen molar-refractivity contribution in [2.45, 2.75) is 19.8 Å². The van der Waals surface area contributed by atoms with Gasteiger partial charge in [-0.05, 0) is 25.8 Å². The van der Waals surface area contributed by atoms with Crippen molar-refractivity contribution >= 4 is 11.7 Å². The summed E-state index contributed by atoms with van der Waals surface area (Å²) in [5.74, 6) is -0.118.